The molecule has 0 aliphatic rings. The lowest BCUT2D eigenvalue weighted by atomic mass is 10.1. The van der Waals surface area contributed by atoms with Gasteiger partial charge in [0.1, 0.15) is 5.75 Å². The molecule has 0 bridgehead atoms. The lowest BCUT2D eigenvalue weighted by Gasteiger charge is -2.09. The molecule has 120 valence electrons. The number of carbonyl (C=O) groups excluding carboxylic acids is 2. The fourth-order valence-electron chi connectivity index (χ4n) is 1.88. The smallest absolute Gasteiger partial charge is 0.258 e. The molecule has 0 fully saturated rings. The molecule has 23 heavy (non-hydrogen) atoms. The van der Waals surface area contributed by atoms with Gasteiger partial charge in [-0.2, -0.15) is 0 Å². The third-order valence-corrected chi connectivity index (χ3v) is 3.44. The van der Waals surface area contributed by atoms with E-state index >= 15 is 0 Å². The number of ether oxygens (including phenoxy) is 1. The van der Waals surface area contributed by atoms with Crippen molar-refractivity contribution in [1.29, 1.82) is 0 Å². The van der Waals surface area contributed by atoms with Crippen LogP contribution in [0.25, 0.3) is 0 Å². The Morgan fingerprint density at radius 2 is 1.78 bits per heavy atom. The first-order valence-corrected chi connectivity index (χ1v) is 7.43. The van der Waals surface area contributed by atoms with Crippen LogP contribution in [0.1, 0.15) is 15.9 Å². The molecule has 2 aromatic rings. The largest absolute Gasteiger partial charge is 0.482 e. The first-order valence-electron chi connectivity index (χ1n) is 7.05. The Labute approximate surface area is 139 Å². The highest BCUT2D eigenvalue weighted by atomic mass is 35.5. The second kappa shape index (κ2) is 8.19. The number of carbonyl (C=O) groups is 2. The summed E-state index contributed by atoms with van der Waals surface area (Å²) in [7, 11) is 1.58. The van der Waals surface area contributed by atoms with Crippen LogP contribution in [0.5, 0.6) is 5.75 Å². The molecular formula is C17H17ClN2O3. The van der Waals surface area contributed by atoms with E-state index in [1.165, 1.54) is 0 Å². The van der Waals surface area contributed by atoms with Crippen LogP contribution in [0.3, 0.4) is 0 Å². The van der Waals surface area contributed by atoms with E-state index in [1.54, 1.807) is 55.6 Å². The molecule has 0 aliphatic carbocycles. The second-order valence-corrected chi connectivity index (χ2v) is 5.18. The van der Waals surface area contributed by atoms with E-state index in [2.05, 4.69) is 10.6 Å². The van der Waals surface area contributed by atoms with Crippen LogP contribution in [-0.4, -0.2) is 25.5 Å². The number of rotatable bonds is 6. The van der Waals surface area contributed by atoms with Crippen LogP contribution in [0.2, 0.25) is 5.02 Å². The quantitative estimate of drug-likeness (QED) is 0.853. The third-order valence-electron chi connectivity index (χ3n) is 3.13. The van der Waals surface area contributed by atoms with Crippen molar-refractivity contribution in [2.24, 2.45) is 0 Å². The van der Waals surface area contributed by atoms with Gasteiger partial charge in [-0.1, -0.05) is 35.9 Å². The zero-order valence-electron chi connectivity index (χ0n) is 12.6. The fraction of sp³-hybridized carbons (Fsp3) is 0.176. The molecule has 0 aromatic heterocycles. The molecule has 2 N–H and O–H groups in total. The van der Waals surface area contributed by atoms with Gasteiger partial charge in [0.05, 0.1) is 5.02 Å². The molecule has 0 saturated heterocycles. The molecule has 5 nitrogen and oxygen atoms in total. The summed E-state index contributed by atoms with van der Waals surface area (Å²) in [5, 5.41) is 5.76. The summed E-state index contributed by atoms with van der Waals surface area (Å²) in [5.41, 5.74) is 1.47. The van der Waals surface area contributed by atoms with Gasteiger partial charge in [-0.05, 0) is 29.8 Å². The van der Waals surface area contributed by atoms with Gasteiger partial charge in [0.25, 0.3) is 11.8 Å². The Morgan fingerprint density at radius 1 is 1.09 bits per heavy atom. The Hall–Kier alpha value is -2.53. The Balaban J connectivity index is 1.80. The topological polar surface area (TPSA) is 67.4 Å². The number of hydrogen-bond donors (Lipinski definition) is 2. The number of hydrogen-bond acceptors (Lipinski definition) is 3. The van der Waals surface area contributed by atoms with Gasteiger partial charge < -0.3 is 15.4 Å². The normalized spacial score (nSPS) is 10.0. The van der Waals surface area contributed by atoms with Crippen LogP contribution >= 0.6 is 11.6 Å². The highest BCUT2D eigenvalue weighted by molar-refractivity contribution is 6.32. The Morgan fingerprint density at radius 3 is 2.43 bits per heavy atom. The minimum absolute atomic E-state index is 0.111. The molecule has 0 radical (unpaired) electrons. The van der Waals surface area contributed by atoms with Crippen molar-refractivity contribution < 1.29 is 14.3 Å². The molecule has 6 heteroatoms. The van der Waals surface area contributed by atoms with Crippen molar-refractivity contribution in [3.05, 3.63) is 64.7 Å². The first-order chi connectivity index (χ1) is 11.1. The van der Waals surface area contributed by atoms with Gasteiger partial charge in [-0.3, -0.25) is 9.59 Å². The van der Waals surface area contributed by atoms with Crippen LogP contribution in [0.4, 0.5) is 0 Å². The summed E-state index contributed by atoms with van der Waals surface area (Å²) in [6.45, 7) is 0.249. The number of benzene rings is 2. The van der Waals surface area contributed by atoms with Gasteiger partial charge in [0, 0.05) is 19.2 Å². The summed E-state index contributed by atoms with van der Waals surface area (Å²) in [5.74, 6) is 0.0771. The van der Waals surface area contributed by atoms with Crippen molar-refractivity contribution in [3.63, 3.8) is 0 Å². The molecule has 0 heterocycles. The van der Waals surface area contributed by atoms with Crippen LogP contribution < -0.4 is 15.4 Å². The maximum absolute atomic E-state index is 11.8. The molecule has 0 atom stereocenters. The molecule has 0 aliphatic heterocycles. The van der Waals surface area contributed by atoms with Crippen molar-refractivity contribution in [2.45, 2.75) is 6.54 Å². The zero-order chi connectivity index (χ0) is 16.7. The fourth-order valence-corrected chi connectivity index (χ4v) is 2.07. The van der Waals surface area contributed by atoms with Crippen molar-refractivity contribution in [3.8, 4) is 5.75 Å². The highest BCUT2D eigenvalue weighted by Crippen LogP contribution is 2.22. The van der Waals surface area contributed by atoms with Gasteiger partial charge in [-0.25, -0.2) is 0 Å². The van der Waals surface area contributed by atoms with Gasteiger partial charge in [0.2, 0.25) is 0 Å². The van der Waals surface area contributed by atoms with Crippen LogP contribution in [-0.2, 0) is 11.3 Å². The van der Waals surface area contributed by atoms with Gasteiger partial charge >= 0.3 is 0 Å². The van der Waals surface area contributed by atoms with E-state index in [4.69, 9.17) is 16.3 Å². The predicted octanol–water partition coefficient (Wildman–Crippen LogP) is 2.39. The lowest BCUT2D eigenvalue weighted by molar-refractivity contribution is -0.123. The Kier molecular flexibility index (Phi) is 6.00. The van der Waals surface area contributed by atoms with Gasteiger partial charge in [0.15, 0.2) is 6.61 Å². The molecule has 2 aromatic carbocycles. The Bertz CT molecular complexity index is 686. The van der Waals surface area contributed by atoms with E-state index in [1.807, 2.05) is 0 Å². The average molecular weight is 333 g/mol. The minimum Gasteiger partial charge on any atom is -0.482 e. The monoisotopic (exact) mass is 332 g/mol. The van der Waals surface area contributed by atoms with Crippen LogP contribution in [0, 0.1) is 0 Å². The van der Waals surface area contributed by atoms with Crippen molar-refractivity contribution in [1.82, 2.24) is 10.6 Å². The first kappa shape index (κ1) is 16.8. The molecule has 2 rings (SSSR count). The van der Waals surface area contributed by atoms with E-state index in [0.29, 0.717) is 22.9 Å². The predicted molar refractivity (Wildman–Crippen MR) is 88.6 cm³/mol. The number of amides is 2. The minimum atomic E-state index is -0.250. The average Bonchev–Trinajstić information content (AvgIpc) is 2.59. The number of para-hydroxylation sites is 1. The van der Waals surface area contributed by atoms with Crippen LogP contribution in [0.15, 0.2) is 48.5 Å². The lowest BCUT2D eigenvalue weighted by Crippen LogP contribution is -2.28. The SMILES string of the molecule is CNC(=O)c1ccc(CNC(=O)COc2ccccc2Cl)cc1. The number of nitrogens with one attached hydrogen (secondary N) is 2. The maximum atomic E-state index is 11.8. The van der Waals surface area contributed by atoms with E-state index in [0.717, 1.165) is 5.56 Å². The summed E-state index contributed by atoms with van der Waals surface area (Å²) >= 11 is 5.94. The van der Waals surface area contributed by atoms with Crippen molar-refractivity contribution in [2.75, 3.05) is 13.7 Å². The molecular weight excluding hydrogens is 316 g/mol. The molecule has 0 saturated carbocycles. The summed E-state index contributed by atoms with van der Waals surface area (Å²) in [6, 6.07) is 14.0. The summed E-state index contributed by atoms with van der Waals surface area (Å²) < 4.78 is 5.36. The highest BCUT2D eigenvalue weighted by Gasteiger charge is 2.06. The summed E-state index contributed by atoms with van der Waals surface area (Å²) in [6.07, 6.45) is 0. The van der Waals surface area contributed by atoms with Gasteiger partial charge in [-0.15, -0.1) is 0 Å². The molecule has 0 spiro atoms. The van der Waals surface area contributed by atoms with Crippen molar-refractivity contribution >= 4 is 23.4 Å². The number of halogens is 1. The standard InChI is InChI=1S/C17H17ClN2O3/c1-19-17(22)13-8-6-12(7-9-13)10-20-16(21)11-23-15-5-3-2-4-14(15)18/h2-9H,10-11H2,1H3,(H,19,22)(H,20,21). The zero-order valence-corrected chi connectivity index (χ0v) is 13.4. The third kappa shape index (κ3) is 5.00. The maximum Gasteiger partial charge on any atom is 0.258 e. The molecule has 0 unspecified atom stereocenters. The summed E-state index contributed by atoms with van der Waals surface area (Å²) in [4.78, 5) is 23.2. The van der Waals surface area contributed by atoms with E-state index in [-0.39, 0.29) is 18.4 Å². The second-order valence-electron chi connectivity index (χ2n) is 4.77. The van der Waals surface area contributed by atoms with E-state index in [9.17, 15) is 9.59 Å². The van der Waals surface area contributed by atoms with E-state index < -0.39 is 0 Å². The molecule has 2 amide bonds.